The van der Waals surface area contributed by atoms with E-state index in [0.29, 0.717) is 18.8 Å². The van der Waals surface area contributed by atoms with Gasteiger partial charge in [0.15, 0.2) is 0 Å². The lowest BCUT2D eigenvalue weighted by molar-refractivity contribution is 0.0737. The second kappa shape index (κ2) is 10.7. The van der Waals surface area contributed by atoms with Crippen molar-refractivity contribution in [3.8, 4) is 11.4 Å². The number of fused-ring (bicyclic) bond motifs is 1. The average molecular weight is 472 g/mol. The van der Waals surface area contributed by atoms with E-state index >= 15 is 0 Å². The molecule has 6 heteroatoms. The molecule has 1 aromatic heterocycles. The Hall–Kier alpha value is -3.64. The summed E-state index contributed by atoms with van der Waals surface area (Å²) in [5, 5.41) is 9.02. The van der Waals surface area contributed by atoms with E-state index in [9.17, 15) is 4.79 Å². The van der Waals surface area contributed by atoms with Crippen LogP contribution in [0.4, 0.5) is 0 Å². The standard InChI is InChI=1S/C29H33N3O3/c1-5-14-31(29(34)28-21(3)17-20(2)18-22(28)4)19-27-30-25-8-6-7-9-26(25)32(27)23-10-12-24(13-11-23)35-16-15-33/h6-13,17-18,33H,5,14-16,19H2,1-4H3. The summed E-state index contributed by atoms with van der Waals surface area (Å²) in [6.07, 6.45) is 0.854. The second-order valence-electron chi connectivity index (χ2n) is 8.92. The Balaban J connectivity index is 1.74. The first-order valence-corrected chi connectivity index (χ1v) is 12.1. The molecule has 0 bridgehead atoms. The molecule has 182 valence electrons. The summed E-state index contributed by atoms with van der Waals surface area (Å²) in [5.74, 6) is 1.54. The Labute approximate surface area is 206 Å². The quantitative estimate of drug-likeness (QED) is 0.356. The maximum Gasteiger partial charge on any atom is 0.254 e. The summed E-state index contributed by atoms with van der Waals surface area (Å²) >= 11 is 0. The third kappa shape index (κ3) is 5.23. The number of aliphatic hydroxyl groups excluding tert-OH is 1. The second-order valence-corrected chi connectivity index (χ2v) is 8.92. The lowest BCUT2D eigenvalue weighted by Gasteiger charge is -2.24. The van der Waals surface area contributed by atoms with Gasteiger partial charge in [-0.1, -0.05) is 36.8 Å². The molecule has 0 aliphatic heterocycles. The number of hydrogen-bond donors (Lipinski definition) is 1. The number of aliphatic hydroxyl groups is 1. The van der Waals surface area contributed by atoms with Crippen LogP contribution >= 0.6 is 0 Å². The number of benzene rings is 3. The van der Waals surface area contributed by atoms with Gasteiger partial charge in [0, 0.05) is 17.8 Å². The summed E-state index contributed by atoms with van der Waals surface area (Å²) in [6, 6.07) is 19.9. The third-order valence-corrected chi connectivity index (χ3v) is 6.09. The van der Waals surface area contributed by atoms with Gasteiger partial charge in [0.1, 0.15) is 18.2 Å². The number of hydrogen-bond acceptors (Lipinski definition) is 4. The first-order valence-electron chi connectivity index (χ1n) is 12.1. The fraction of sp³-hybridized carbons (Fsp3) is 0.310. The topological polar surface area (TPSA) is 67.6 Å². The monoisotopic (exact) mass is 471 g/mol. The highest BCUT2D eigenvalue weighted by Gasteiger charge is 2.23. The van der Waals surface area contributed by atoms with Gasteiger partial charge < -0.3 is 14.7 Å². The van der Waals surface area contributed by atoms with Gasteiger partial charge in [-0.15, -0.1) is 0 Å². The number of rotatable bonds is 9. The Morgan fingerprint density at radius 1 is 1.03 bits per heavy atom. The van der Waals surface area contributed by atoms with Gasteiger partial charge in [0.2, 0.25) is 0 Å². The number of imidazole rings is 1. The predicted octanol–water partition coefficient (Wildman–Crippen LogP) is 5.37. The molecule has 0 fully saturated rings. The molecule has 1 N–H and O–H groups in total. The molecule has 6 nitrogen and oxygen atoms in total. The van der Waals surface area contributed by atoms with Crippen molar-refractivity contribution in [1.29, 1.82) is 0 Å². The van der Waals surface area contributed by atoms with E-state index < -0.39 is 0 Å². The number of amides is 1. The molecular formula is C29H33N3O3. The summed E-state index contributed by atoms with van der Waals surface area (Å²) < 4.78 is 7.63. The average Bonchev–Trinajstić information content (AvgIpc) is 3.20. The number of carbonyl (C=O) groups excluding carboxylic acids is 1. The molecule has 0 saturated carbocycles. The summed E-state index contributed by atoms with van der Waals surface area (Å²) in [4.78, 5) is 20.6. The maximum absolute atomic E-state index is 13.8. The van der Waals surface area contributed by atoms with Gasteiger partial charge in [-0.3, -0.25) is 9.36 Å². The molecule has 0 saturated heterocycles. The number of aromatic nitrogens is 2. The third-order valence-electron chi connectivity index (χ3n) is 6.09. The minimum atomic E-state index is -0.0285. The Kier molecular flexibility index (Phi) is 7.51. The van der Waals surface area contributed by atoms with Crippen molar-refractivity contribution in [2.24, 2.45) is 0 Å². The van der Waals surface area contributed by atoms with Crippen LogP contribution < -0.4 is 4.74 Å². The van der Waals surface area contributed by atoms with Crippen LogP contribution in [0.1, 0.15) is 46.2 Å². The molecule has 35 heavy (non-hydrogen) atoms. The zero-order chi connectivity index (χ0) is 24.9. The van der Waals surface area contributed by atoms with Crippen molar-refractivity contribution in [1.82, 2.24) is 14.5 Å². The van der Waals surface area contributed by atoms with Crippen molar-refractivity contribution in [2.75, 3.05) is 19.8 Å². The van der Waals surface area contributed by atoms with E-state index in [4.69, 9.17) is 14.8 Å². The normalized spacial score (nSPS) is 11.1. The van der Waals surface area contributed by atoms with Crippen LogP contribution in [0, 0.1) is 20.8 Å². The van der Waals surface area contributed by atoms with Gasteiger partial charge in [-0.2, -0.15) is 0 Å². The van der Waals surface area contributed by atoms with Crippen LogP contribution in [-0.4, -0.2) is 45.2 Å². The minimum absolute atomic E-state index is 0.0285. The van der Waals surface area contributed by atoms with Crippen LogP contribution in [-0.2, 0) is 6.54 Å². The summed E-state index contributed by atoms with van der Waals surface area (Å²) in [5.41, 5.74) is 6.74. The molecular weight excluding hydrogens is 438 g/mol. The fourth-order valence-corrected chi connectivity index (χ4v) is 4.69. The molecule has 0 spiro atoms. The Bertz CT molecular complexity index is 1300. The molecule has 0 atom stereocenters. The van der Waals surface area contributed by atoms with Crippen molar-refractivity contribution in [3.05, 3.63) is 88.7 Å². The van der Waals surface area contributed by atoms with Gasteiger partial charge >= 0.3 is 0 Å². The Morgan fingerprint density at radius 3 is 2.37 bits per heavy atom. The molecule has 1 heterocycles. The number of para-hydroxylation sites is 2. The van der Waals surface area contributed by atoms with Crippen molar-refractivity contribution >= 4 is 16.9 Å². The molecule has 0 aliphatic carbocycles. The van der Waals surface area contributed by atoms with Gasteiger partial charge in [-0.25, -0.2) is 4.98 Å². The van der Waals surface area contributed by atoms with Crippen LogP contribution in [0.25, 0.3) is 16.7 Å². The molecule has 0 unspecified atom stereocenters. The molecule has 4 aromatic rings. The van der Waals surface area contributed by atoms with Crippen molar-refractivity contribution in [2.45, 2.75) is 40.7 Å². The van der Waals surface area contributed by atoms with E-state index in [1.165, 1.54) is 0 Å². The molecule has 3 aromatic carbocycles. The largest absolute Gasteiger partial charge is 0.491 e. The van der Waals surface area contributed by atoms with E-state index in [1.54, 1.807) is 0 Å². The number of carbonyl (C=O) groups is 1. The minimum Gasteiger partial charge on any atom is -0.491 e. The van der Waals surface area contributed by atoms with Crippen LogP contribution in [0.3, 0.4) is 0 Å². The summed E-state index contributed by atoms with van der Waals surface area (Å²) in [6.45, 7) is 9.42. The fourth-order valence-electron chi connectivity index (χ4n) is 4.69. The van der Waals surface area contributed by atoms with Crippen molar-refractivity contribution < 1.29 is 14.6 Å². The molecule has 1 amide bonds. The zero-order valence-electron chi connectivity index (χ0n) is 20.9. The molecule has 0 aliphatic rings. The van der Waals surface area contributed by atoms with Crippen LogP contribution in [0.2, 0.25) is 0 Å². The number of nitrogens with zero attached hydrogens (tertiary/aromatic N) is 3. The lowest BCUT2D eigenvalue weighted by Crippen LogP contribution is -2.33. The smallest absolute Gasteiger partial charge is 0.254 e. The first kappa shape index (κ1) is 24.5. The van der Waals surface area contributed by atoms with E-state index in [-0.39, 0.29) is 19.1 Å². The van der Waals surface area contributed by atoms with E-state index in [1.807, 2.05) is 67.3 Å². The summed E-state index contributed by atoms with van der Waals surface area (Å²) in [7, 11) is 0. The van der Waals surface area contributed by atoms with E-state index in [0.717, 1.165) is 51.2 Å². The highest BCUT2D eigenvalue weighted by molar-refractivity contribution is 5.97. The maximum atomic E-state index is 13.8. The SMILES string of the molecule is CCCN(Cc1nc2ccccc2n1-c1ccc(OCCO)cc1)C(=O)c1c(C)cc(C)cc1C. The zero-order valence-corrected chi connectivity index (χ0v) is 20.9. The van der Waals surface area contributed by atoms with Crippen LogP contribution in [0.5, 0.6) is 5.75 Å². The Morgan fingerprint density at radius 2 is 1.71 bits per heavy atom. The first-order chi connectivity index (χ1) is 16.9. The number of ether oxygens (including phenoxy) is 1. The van der Waals surface area contributed by atoms with Gasteiger partial charge in [-0.05, 0) is 74.7 Å². The molecule has 4 rings (SSSR count). The van der Waals surface area contributed by atoms with Gasteiger partial charge in [0.05, 0.1) is 24.2 Å². The highest BCUT2D eigenvalue weighted by atomic mass is 16.5. The van der Waals surface area contributed by atoms with Crippen molar-refractivity contribution in [3.63, 3.8) is 0 Å². The molecule has 0 radical (unpaired) electrons. The predicted molar refractivity (Wildman–Crippen MR) is 139 cm³/mol. The van der Waals surface area contributed by atoms with Crippen LogP contribution in [0.15, 0.2) is 60.7 Å². The number of aryl methyl sites for hydroxylation is 3. The van der Waals surface area contributed by atoms with E-state index in [2.05, 4.69) is 30.5 Å². The highest BCUT2D eigenvalue weighted by Crippen LogP contribution is 2.26. The van der Waals surface area contributed by atoms with Gasteiger partial charge in [0.25, 0.3) is 5.91 Å². The lowest BCUT2D eigenvalue weighted by atomic mass is 9.98.